The Kier molecular flexibility index (Phi) is 2.49. The Morgan fingerprint density at radius 2 is 1.92 bits per heavy atom. The molecule has 0 atom stereocenters. The molecule has 0 aliphatic carbocycles. The minimum atomic E-state index is 1.27. The Labute approximate surface area is 80.3 Å². The van der Waals surface area contributed by atoms with E-state index in [0.717, 1.165) is 0 Å². The maximum Gasteiger partial charge on any atom is 0.0229 e. The van der Waals surface area contributed by atoms with Crippen LogP contribution in [0.3, 0.4) is 0 Å². The SMILES string of the molecule is [c]1ccc(Sc2ccsc2)cc1. The number of hydrogen-bond acceptors (Lipinski definition) is 2. The number of thiophene rings is 1. The summed E-state index contributed by atoms with van der Waals surface area (Å²) >= 11 is 3.51. The first-order valence-electron chi connectivity index (χ1n) is 3.61. The van der Waals surface area contributed by atoms with Crippen molar-refractivity contribution in [2.24, 2.45) is 0 Å². The van der Waals surface area contributed by atoms with Crippen LogP contribution in [0.4, 0.5) is 0 Å². The van der Waals surface area contributed by atoms with Crippen molar-refractivity contribution in [1.29, 1.82) is 0 Å². The molecule has 2 rings (SSSR count). The van der Waals surface area contributed by atoms with Crippen molar-refractivity contribution in [2.45, 2.75) is 9.79 Å². The molecule has 59 valence electrons. The molecule has 0 saturated heterocycles. The highest BCUT2D eigenvalue weighted by Crippen LogP contribution is 2.28. The van der Waals surface area contributed by atoms with Gasteiger partial charge in [-0.3, -0.25) is 0 Å². The molecule has 12 heavy (non-hydrogen) atoms. The fraction of sp³-hybridized carbons (Fsp3) is 0. The molecule has 0 saturated carbocycles. The van der Waals surface area contributed by atoms with Gasteiger partial charge in [-0.1, -0.05) is 23.9 Å². The first-order chi connectivity index (χ1) is 5.95. The van der Waals surface area contributed by atoms with E-state index in [2.05, 4.69) is 35.0 Å². The average molecular weight is 191 g/mol. The zero-order valence-electron chi connectivity index (χ0n) is 6.36. The van der Waals surface area contributed by atoms with E-state index in [1.807, 2.05) is 12.1 Å². The monoisotopic (exact) mass is 191 g/mol. The molecule has 0 aliphatic rings. The summed E-state index contributed by atoms with van der Waals surface area (Å²) in [4.78, 5) is 2.58. The van der Waals surface area contributed by atoms with Gasteiger partial charge in [0.25, 0.3) is 0 Å². The second-order valence-corrected chi connectivity index (χ2v) is 4.22. The largest absolute Gasteiger partial charge is 0.151 e. The van der Waals surface area contributed by atoms with Crippen LogP contribution in [-0.4, -0.2) is 0 Å². The Morgan fingerprint density at radius 1 is 1.08 bits per heavy atom. The van der Waals surface area contributed by atoms with Crippen LogP contribution in [0.2, 0.25) is 0 Å². The van der Waals surface area contributed by atoms with Gasteiger partial charge in [-0.2, -0.15) is 11.3 Å². The van der Waals surface area contributed by atoms with E-state index in [4.69, 9.17) is 0 Å². The third-order valence-corrected chi connectivity index (χ3v) is 3.25. The molecule has 1 heterocycles. The lowest BCUT2D eigenvalue weighted by molar-refractivity contribution is 1.44. The van der Waals surface area contributed by atoms with Crippen LogP contribution in [0.1, 0.15) is 0 Å². The lowest BCUT2D eigenvalue weighted by atomic mass is 10.4. The van der Waals surface area contributed by atoms with Crippen molar-refractivity contribution in [1.82, 2.24) is 0 Å². The summed E-state index contributed by atoms with van der Waals surface area (Å²) < 4.78 is 0. The summed E-state index contributed by atoms with van der Waals surface area (Å²) in [6.07, 6.45) is 0. The number of hydrogen-bond donors (Lipinski definition) is 0. The molecule has 1 radical (unpaired) electrons. The second-order valence-electron chi connectivity index (χ2n) is 2.30. The Balaban J connectivity index is 2.15. The minimum absolute atomic E-state index is 1.27. The van der Waals surface area contributed by atoms with Gasteiger partial charge in [-0.15, -0.1) is 0 Å². The van der Waals surface area contributed by atoms with Crippen LogP contribution < -0.4 is 0 Å². The van der Waals surface area contributed by atoms with Gasteiger partial charge in [0.05, 0.1) is 0 Å². The fourth-order valence-electron chi connectivity index (χ4n) is 0.886. The van der Waals surface area contributed by atoms with Gasteiger partial charge < -0.3 is 0 Å². The van der Waals surface area contributed by atoms with Crippen molar-refractivity contribution in [3.63, 3.8) is 0 Å². The standard InChI is InChI=1S/C10H7S2/c1-2-4-9(5-3-1)12-10-6-7-11-8-10/h2-8H. The maximum atomic E-state index is 3.00. The Bertz CT molecular complexity index is 324. The molecule has 2 heteroatoms. The smallest absolute Gasteiger partial charge is 0.0229 e. The quantitative estimate of drug-likeness (QED) is 0.697. The topological polar surface area (TPSA) is 0 Å². The molecule has 0 spiro atoms. The minimum Gasteiger partial charge on any atom is -0.151 e. The summed E-state index contributed by atoms with van der Waals surface area (Å²) in [5, 5.41) is 4.25. The first-order valence-corrected chi connectivity index (χ1v) is 5.37. The molecule has 0 aliphatic heterocycles. The van der Waals surface area contributed by atoms with Crippen molar-refractivity contribution in [2.75, 3.05) is 0 Å². The summed E-state index contributed by atoms with van der Waals surface area (Å²) in [5.74, 6) is 0. The van der Waals surface area contributed by atoms with E-state index in [9.17, 15) is 0 Å². The second kappa shape index (κ2) is 3.78. The zero-order valence-corrected chi connectivity index (χ0v) is 7.99. The highest BCUT2D eigenvalue weighted by molar-refractivity contribution is 7.99. The normalized spacial score (nSPS) is 10.0. The number of benzene rings is 1. The van der Waals surface area contributed by atoms with Gasteiger partial charge in [0.15, 0.2) is 0 Å². The van der Waals surface area contributed by atoms with E-state index in [1.165, 1.54) is 9.79 Å². The molecular formula is C10H7S2. The summed E-state index contributed by atoms with van der Waals surface area (Å²) in [5.41, 5.74) is 0. The molecule has 1 aromatic carbocycles. The van der Waals surface area contributed by atoms with Crippen molar-refractivity contribution < 1.29 is 0 Å². The maximum absolute atomic E-state index is 3.00. The molecule has 0 fully saturated rings. The Hall–Kier alpha value is -0.730. The molecule has 0 amide bonds. The molecule has 1 aromatic heterocycles. The van der Waals surface area contributed by atoms with E-state index in [1.54, 1.807) is 23.1 Å². The summed E-state index contributed by atoms with van der Waals surface area (Å²) in [7, 11) is 0. The average Bonchev–Trinajstić information content (AvgIpc) is 2.59. The lowest BCUT2D eigenvalue weighted by Crippen LogP contribution is -1.67. The first kappa shape index (κ1) is 7.90. The van der Waals surface area contributed by atoms with Gasteiger partial charge in [-0.25, -0.2) is 0 Å². The third-order valence-electron chi connectivity index (χ3n) is 1.42. The predicted molar refractivity (Wildman–Crippen MR) is 53.7 cm³/mol. The molecule has 2 aromatic rings. The van der Waals surface area contributed by atoms with Gasteiger partial charge in [0, 0.05) is 15.2 Å². The van der Waals surface area contributed by atoms with Crippen molar-refractivity contribution >= 4 is 23.1 Å². The summed E-state index contributed by atoms with van der Waals surface area (Å²) in [6.45, 7) is 0. The highest BCUT2D eigenvalue weighted by atomic mass is 32.2. The van der Waals surface area contributed by atoms with Crippen LogP contribution in [0.5, 0.6) is 0 Å². The van der Waals surface area contributed by atoms with E-state index < -0.39 is 0 Å². The zero-order chi connectivity index (χ0) is 8.23. The summed E-state index contributed by atoms with van der Waals surface area (Å²) in [6, 6.07) is 13.2. The van der Waals surface area contributed by atoms with Gasteiger partial charge in [-0.05, 0) is 29.6 Å². The Morgan fingerprint density at radius 3 is 2.58 bits per heavy atom. The van der Waals surface area contributed by atoms with Gasteiger partial charge >= 0.3 is 0 Å². The molecular weight excluding hydrogens is 184 g/mol. The van der Waals surface area contributed by atoms with Crippen molar-refractivity contribution in [3.05, 3.63) is 47.2 Å². The third kappa shape index (κ3) is 1.90. The molecule has 0 bridgehead atoms. The molecule has 0 unspecified atom stereocenters. The van der Waals surface area contributed by atoms with Gasteiger partial charge in [0.2, 0.25) is 0 Å². The molecule has 0 N–H and O–H groups in total. The predicted octanol–water partition coefficient (Wildman–Crippen LogP) is 3.70. The lowest BCUT2D eigenvalue weighted by Gasteiger charge is -1.95. The van der Waals surface area contributed by atoms with E-state index in [0.29, 0.717) is 0 Å². The highest BCUT2D eigenvalue weighted by Gasteiger charge is 1.94. The van der Waals surface area contributed by atoms with Crippen LogP contribution >= 0.6 is 23.1 Å². The van der Waals surface area contributed by atoms with Gasteiger partial charge in [0.1, 0.15) is 0 Å². The van der Waals surface area contributed by atoms with E-state index in [-0.39, 0.29) is 0 Å². The van der Waals surface area contributed by atoms with Crippen LogP contribution in [0.25, 0.3) is 0 Å². The van der Waals surface area contributed by atoms with Crippen molar-refractivity contribution in [3.8, 4) is 0 Å². The van der Waals surface area contributed by atoms with Crippen LogP contribution in [-0.2, 0) is 0 Å². The van der Waals surface area contributed by atoms with Crippen LogP contribution in [0.15, 0.2) is 50.9 Å². The number of rotatable bonds is 2. The molecule has 0 nitrogen and oxygen atoms in total. The van der Waals surface area contributed by atoms with Crippen LogP contribution in [0, 0.1) is 6.07 Å². The fourth-order valence-corrected chi connectivity index (χ4v) is 2.53. The van der Waals surface area contributed by atoms with E-state index >= 15 is 0 Å².